The molecule has 4 rings (SSSR count). The van der Waals surface area contributed by atoms with Crippen LogP contribution in [0.4, 0.5) is 14.5 Å². The summed E-state index contributed by atoms with van der Waals surface area (Å²) in [6, 6.07) is 15.1. The van der Waals surface area contributed by atoms with Crippen molar-refractivity contribution in [3.63, 3.8) is 0 Å². The van der Waals surface area contributed by atoms with Gasteiger partial charge in [0.1, 0.15) is 17.3 Å². The zero-order valence-electron chi connectivity index (χ0n) is 20.2. The molecule has 0 unspecified atom stereocenters. The van der Waals surface area contributed by atoms with Crippen LogP contribution in [0.5, 0.6) is 0 Å². The molecule has 0 aliphatic carbocycles. The summed E-state index contributed by atoms with van der Waals surface area (Å²) in [5.74, 6) is -1.67. The molecular weight excluding hydrogens is 478 g/mol. The molecule has 7 nitrogen and oxygen atoms in total. The van der Waals surface area contributed by atoms with Gasteiger partial charge in [0.25, 0.3) is 5.56 Å². The number of halogens is 2. The van der Waals surface area contributed by atoms with Gasteiger partial charge in [0, 0.05) is 29.1 Å². The van der Waals surface area contributed by atoms with Crippen molar-refractivity contribution in [2.75, 3.05) is 12.4 Å². The molecule has 188 valence electrons. The fourth-order valence-corrected chi connectivity index (χ4v) is 3.75. The Kier molecular flexibility index (Phi) is 7.64. The van der Waals surface area contributed by atoms with Gasteiger partial charge in [-0.05, 0) is 74.1 Å². The van der Waals surface area contributed by atoms with E-state index in [9.17, 15) is 23.2 Å². The van der Waals surface area contributed by atoms with E-state index < -0.39 is 29.1 Å². The summed E-state index contributed by atoms with van der Waals surface area (Å²) in [4.78, 5) is 42.9. The summed E-state index contributed by atoms with van der Waals surface area (Å²) in [5.41, 5.74) is 1.51. The van der Waals surface area contributed by atoms with Crippen LogP contribution in [0.1, 0.15) is 28.4 Å². The quantitative estimate of drug-likeness (QED) is 0.355. The van der Waals surface area contributed by atoms with Crippen molar-refractivity contribution in [3.05, 3.63) is 118 Å². The Bertz CT molecular complexity index is 1520. The second-order valence-electron chi connectivity index (χ2n) is 8.45. The van der Waals surface area contributed by atoms with E-state index in [1.165, 1.54) is 65.5 Å². The molecule has 0 radical (unpaired) electrons. The summed E-state index contributed by atoms with van der Waals surface area (Å²) in [5, 5.41) is 5.44. The largest absolute Gasteiger partial charge is 0.320 e. The highest BCUT2D eigenvalue weighted by atomic mass is 19.1. The van der Waals surface area contributed by atoms with Crippen molar-refractivity contribution in [2.45, 2.75) is 19.5 Å². The average Bonchev–Trinajstić information content (AvgIpc) is 2.90. The zero-order valence-corrected chi connectivity index (χ0v) is 20.2. The van der Waals surface area contributed by atoms with Crippen molar-refractivity contribution in [3.8, 4) is 11.3 Å². The number of nitrogens with one attached hydrogen (secondary N) is 2. The molecule has 0 saturated carbocycles. The number of nitrogens with zero attached hydrogens (tertiary/aromatic N) is 2. The number of carbonyl (C=O) groups excluding carboxylic acids is 2. The van der Waals surface area contributed by atoms with Crippen molar-refractivity contribution in [2.24, 2.45) is 0 Å². The predicted octanol–water partition coefficient (Wildman–Crippen LogP) is 4.01. The van der Waals surface area contributed by atoms with Crippen molar-refractivity contribution in [1.29, 1.82) is 0 Å². The monoisotopic (exact) mass is 502 g/mol. The van der Waals surface area contributed by atoms with Gasteiger partial charge in [-0.25, -0.2) is 8.78 Å². The number of pyridine rings is 2. The number of anilines is 1. The number of rotatable bonds is 8. The van der Waals surface area contributed by atoms with Crippen LogP contribution in [0, 0.1) is 11.6 Å². The number of carbonyl (C=O) groups is 2. The molecule has 1 atom stereocenters. The number of benzene rings is 2. The average molecular weight is 503 g/mol. The van der Waals surface area contributed by atoms with Crippen LogP contribution < -0.4 is 16.2 Å². The summed E-state index contributed by atoms with van der Waals surface area (Å²) in [6.45, 7) is 1.65. The topological polar surface area (TPSA) is 93.1 Å². The van der Waals surface area contributed by atoms with Gasteiger partial charge in [0.05, 0.1) is 18.3 Å². The lowest BCUT2D eigenvalue weighted by Crippen LogP contribution is -2.37. The number of likely N-dealkylation sites (N-methyl/N-ethyl adjacent to an activating group) is 1. The van der Waals surface area contributed by atoms with E-state index in [0.717, 1.165) is 0 Å². The Morgan fingerprint density at radius 2 is 1.70 bits per heavy atom. The van der Waals surface area contributed by atoms with E-state index in [1.54, 1.807) is 32.2 Å². The molecule has 2 N–H and O–H groups in total. The first-order valence-corrected chi connectivity index (χ1v) is 11.5. The SMILES string of the molecule is CN[C@H](C)C(=O)Nc1ccc(-c2cccc(F)c2)n(Cc2cncc(C(=O)c3ccc(F)cc3)c2)c1=O. The Balaban J connectivity index is 1.75. The highest BCUT2D eigenvalue weighted by Gasteiger charge is 2.17. The Morgan fingerprint density at radius 3 is 2.41 bits per heavy atom. The third kappa shape index (κ3) is 5.84. The molecular formula is C28H24F2N4O3. The smallest absolute Gasteiger partial charge is 0.275 e. The van der Waals surface area contributed by atoms with Gasteiger partial charge in [0.2, 0.25) is 5.91 Å². The van der Waals surface area contributed by atoms with Crippen LogP contribution in [-0.2, 0) is 11.3 Å². The van der Waals surface area contributed by atoms with E-state index >= 15 is 0 Å². The fraction of sp³-hybridized carbons (Fsp3) is 0.143. The third-order valence-corrected chi connectivity index (χ3v) is 5.88. The van der Waals surface area contributed by atoms with Gasteiger partial charge < -0.3 is 15.2 Å². The van der Waals surface area contributed by atoms with E-state index in [4.69, 9.17) is 0 Å². The van der Waals surface area contributed by atoms with Gasteiger partial charge in [-0.1, -0.05) is 12.1 Å². The number of aromatic nitrogens is 2. The Hall–Kier alpha value is -4.50. The molecule has 2 heterocycles. The van der Waals surface area contributed by atoms with Crippen LogP contribution in [-0.4, -0.2) is 34.3 Å². The molecule has 0 saturated heterocycles. The summed E-state index contributed by atoms with van der Waals surface area (Å²) in [6.07, 6.45) is 2.90. The molecule has 0 bridgehead atoms. The minimum atomic E-state index is -0.533. The molecule has 2 aromatic heterocycles. The van der Waals surface area contributed by atoms with Crippen molar-refractivity contribution in [1.82, 2.24) is 14.9 Å². The standard InChI is InChI=1S/C28H24F2N4O3/c1-17(31-2)27(36)33-24-10-11-25(20-4-3-5-23(30)13-20)34(28(24)37)16-18-12-21(15-32-14-18)26(35)19-6-8-22(29)9-7-19/h3-15,17,31H,16H2,1-2H3,(H,33,36)/t17-/m1/s1. The van der Waals surface area contributed by atoms with Gasteiger partial charge in [0.15, 0.2) is 5.78 Å². The number of hydrogen-bond donors (Lipinski definition) is 2. The lowest BCUT2D eigenvalue weighted by molar-refractivity contribution is -0.117. The van der Waals surface area contributed by atoms with Crippen LogP contribution in [0.2, 0.25) is 0 Å². The molecule has 4 aromatic rings. The number of amides is 1. The molecule has 37 heavy (non-hydrogen) atoms. The Labute approximate surface area is 211 Å². The van der Waals surface area contributed by atoms with Gasteiger partial charge in [-0.2, -0.15) is 0 Å². The van der Waals surface area contributed by atoms with Crippen LogP contribution in [0.3, 0.4) is 0 Å². The molecule has 0 spiro atoms. The summed E-state index contributed by atoms with van der Waals surface area (Å²) >= 11 is 0. The molecule has 0 aliphatic rings. The van der Waals surface area contributed by atoms with Gasteiger partial charge >= 0.3 is 0 Å². The number of hydrogen-bond acceptors (Lipinski definition) is 5. The second kappa shape index (κ2) is 11.0. The highest BCUT2D eigenvalue weighted by molar-refractivity contribution is 6.08. The van der Waals surface area contributed by atoms with Crippen LogP contribution >= 0.6 is 0 Å². The summed E-state index contributed by atoms with van der Waals surface area (Å²) in [7, 11) is 1.63. The highest BCUT2D eigenvalue weighted by Crippen LogP contribution is 2.22. The lowest BCUT2D eigenvalue weighted by atomic mass is 10.0. The molecule has 0 aliphatic heterocycles. The summed E-state index contributed by atoms with van der Waals surface area (Å²) < 4.78 is 28.6. The normalized spacial score (nSPS) is 11.7. The first kappa shape index (κ1) is 25.6. The molecule has 0 fully saturated rings. The predicted molar refractivity (Wildman–Crippen MR) is 136 cm³/mol. The number of ketones is 1. The maximum Gasteiger partial charge on any atom is 0.275 e. The van der Waals surface area contributed by atoms with E-state index in [2.05, 4.69) is 15.6 Å². The molecule has 2 aromatic carbocycles. The van der Waals surface area contributed by atoms with Crippen molar-refractivity contribution < 1.29 is 18.4 Å². The van der Waals surface area contributed by atoms with E-state index in [-0.39, 0.29) is 23.6 Å². The fourth-order valence-electron chi connectivity index (χ4n) is 3.75. The molecule has 9 heteroatoms. The maximum absolute atomic E-state index is 14.0. The Morgan fingerprint density at radius 1 is 0.946 bits per heavy atom. The first-order valence-electron chi connectivity index (χ1n) is 11.5. The minimum Gasteiger partial charge on any atom is -0.320 e. The third-order valence-electron chi connectivity index (χ3n) is 5.88. The second-order valence-corrected chi connectivity index (χ2v) is 8.45. The lowest BCUT2D eigenvalue weighted by Gasteiger charge is -2.17. The van der Waals surface area contributed by atoms with E-state index in [1.807, 2.05) is 0 Å². The van der Waals surface area contributed by atoms with E-state index in [0.29, 0.717) is 22.4 Å². The van der Waals surface area contributed by atoms with Crippen LogP contribution in [0.15, 0.2) is 83.9 Å². The van der Waals surface area contributed by atoms with Gasteiger partial charge in [-0.3, -0.25) is 19.4 Å². The maximum atomic E-state index is 14.0. The van der Waals surface area contributed by atoms with Crippen LogP contribution in [0.25, 0.3) is 11.3 Å². The molecule has 1 amide bonds. The first-order chi connectivity index (χ1) is 17.8. The zero-order chi connectivity index (χ0) is 26.5. The minimum absolute atomic E-state index is 0.00644. The van der Waals surface area contributed by atoms with Gasteiger partial charge in [-0.15, -0.1) is 0 Å². The van der Waals surface area contributed by atoms with Crippen molar-refractivity contribution >= 4 is 17.4 Å².